The van der Waals surface area contributed by atoms with E-state index in [1.165, 1.54) is 18.2 Å². The average Bonchev–Trinajstić information content (AvgIpc) is 3.11. The summed E-state index contributed by atoms with van der Waals surface area (Å²) in [6, 6.07) is 4.55. The summed E-state index contributed by atoms with van der Waals surface area (Å²) in [5.41, 5.74) is 1.16. The maximum Gasteiger partial charge on any atom is 0.259 e. The van der Waals surface area contributed by atoms with E-state index < -0.39 is 5.75 Å². The van der Waals surface area contributed by atoms with Crippen LogP contribution in [0.4, 0.5) is 0 Å². The van der Waals surface area contributed by atoms with Crippen molar-refractivity contribution < 1.29 is 19.0 Å². The molecule has 0 aliphatic rings. The van der Waals surface area contributed by atoms with Gasteiger partial charge in [0.05, 0.1) is 10.6 Å². The summed E-state index contributed by atoms with van der Waals surface area (Å²) >= 11 is 12.0. The molecule has 0 radical (unpaired) electrons. The second-order valence-corrected chi connectivity index (χ2v) is 5.92. The summed E-state index contributed by atoms with van der Waals surface area (Å²) in [7, 11) is 0. The Labute approximate surface area is 147 Å². The van der Waals surface area contributed by atoms with E-state index in [0.717, 1.165) is 5.76 Å². The van der Waals surface area contributed by atoms with Gasteiger partial charge in [0, 0.05) is 0 Å². The minimum atomic E-state index is -0.393. The number of aromatic nitrogens is 2. The highest BCUT2D eigenvalue weighted by molar-refractivity contribution is 6.50. The topological polar surface area (TPSA) is 92.5 Å². The predicted molar refractivity (Wildman–Crippen MR) is 90.0 cm³/mol. The predicted octanol–water partition coefficient (Wildman–Crippen LogP) is 4.75. The SMILES string of the molecule is Cc1cc(-c2nnc(/C(Cl)=C/c3cc(O)c(O)c(Cl)c3)o2)c(C)o1. The van der Waals surface area contributed by atoms with Crippen molar-refractivity contribution in [3.63, 3.8) is 0 Å². The molecule has 0 fully saturated rings. The molecule has 0 bridgehead atoms. The summed E-state index contributed by atoms with van der Waals surface area (Å²) in [5.74, 6) is 1.05. The zero-order chi connectivity index (χ0) is 17.4. The maximum absolute atomic E-state index is 9.58. The fraction of sp³-hybridized carbons (Fsp3) is 0.125. The van der Waals surface area contributed by atoms with Gasteiger partial charge in [-0.05, 0) is 43.7 Å². The third kappa shape index (κ3) is 3.11. The number of hydrogen-bond donors (Lipinski definition) is 2. The fourth-order valence-corrected chi connectivity index (χ4v) is 2.59. The molecular formula is C16H12Cl2N2O4. The zero-order valence-electron chi connectivity index (χ0n) is 12.7. The minimum absolute atomic E-state index is 0.00133. The van der Waals surface area contributed by atoms with Crippen molar-refractivity contribution in [3.05, 3.63) is 46.2 Å². The second kappa shape index (κ2) is 6.22. The van der Waals surface area contributed by atoms with Gasteiger partial charge in [0.2, 0.25) is 0 Å². The van der Waals surface area contributed by atoms with Crippen LogP contribution < -0.4 is 0 Å². The molecule has 0 atom stereocenters. The Morgan fingerprint density at radius 1 is 1.12 bits per heavy atom. The third-order valence-electron chi connectivity index (χ3n) is 3.26. The number of aryl methyl sites for hydroxylation is 2. The molecule has 0 saturated heterocycles. The smallest absolute Gasteiger partial charge is 0.259 e. The molecule has 24 heavy (non-hydrogen) atoms. The lowest BCUT2D eigenvalue weighted by Crippen LogP contribution is -1.80. The number of benzene rings is 1. The Kier molecular flexibility index (Phi) is 4.26. The monoisotopic (exact) mass is 366 g/mol. The van der Waals surface area contributed by atoms with Crippen LogP contribution in [-0.2, 0) is 0 Å². The van der Waals surface area contributed by atoms with E-state index in [2.05, 4.69) is 10.2 Å². The number of nitrogens with zero attached hydrogens (tertiary/aromatic N) is 2. The van der Waals surface area contributed by atoms with Crippen molar-refractivity contribution in [2.24, 2.45) is 0 Å². The van der Waals surface area contributed by atoms with Gasteiger partial charge in [-0.15, -0.1) is 10.2 Å². The van der Waals surface area contributed by atoms with Crippen LogP contribution >= 0.6 is 23.2 Å². The lowest BCUT2D eigenvalue weighted by atomic mass is 10.2. The van der Waals surface area contributed by atoms with E-state index >= 15 is 0 Å². The molecule has 2 N–H and O–H groups in total. The molecule has 2 aromatic heterocycles. The first-order valence-corrected chi connectivity index (χ1v) is 7.60. The molecule has 1 aromatic carbocycles. The van der Waals surface area contributed by atoms with Crippen molar-refractivity contribution in [2.45, 2.75) is 13.8 Å². The number of aromatic hydroxyl groups is 2. The van der Waals surface area contributed by atoms with Gasteiger partial charge in [0.15, 0.2) is 11.5 Å². The molecule has 0 aliphatic heterocycles. The highest BCUT2D eigenvalue weighted by Gasteiger charge is 2.16. The van der Waals surface area contributed by atoms with Crippen LogP contribution in [-0.4, -0.2) is 20.4 Å². The Hall–Kier alpha value is -2.44. The number of furan rings is 1. The standard InChI is InChI=1S/C16H12Cl2N2O4/c1-7-3-10(8(2)23-7)15-19-20-16(24-15)12(18)5-9-4-11(17)14(22)13(21)6-9/h3-6,21-22H,1-2H3/b12-5-. The molecule has 3 aromatic rings. The number of rotatable bonds is 3. The van der Waals surface area contributed by atoms with Crippen molar-refractivity contribution in [3.8, 4) is 23.0 Å². The Morgan fingerprint density at radius 2 is 1.88 bits per heavy atom. The van der Waals surface area contributed by atoms with Crippen LogP contribution in [0.15, 0.2) is 27.0 Å². The molecule has 2 heterocycles. The van der Waals surface area contributed by atoms with Crippen LogP contribution in [0, 0.1) is 13.8 Å². The van der Waals surface area contributed by atoms with E-state index in [1.807, 2.05) is 6.92 Å². The Bertz CT molecular complexity index is 920. The van der Waals surface area contributed by atoms with Gasteiger partial charge in [-0.2, -0.15) is 0 Å². The fourth-order valence-electron chi connectivity index (χ4n) is 2.17. The first-order chi connectivity index (χ1) is 11.3. The highest BCUT2D eigenvalue weighted by atomic mass is 35.5. The van der Waals surface area contributed by atoms with E-state index in [-0.39, 0.29) is 27.6 Å². The number of halogens is 2. The average molecular weight is 367 g/mol. The first kappa shape index (κ1) is 16.4. The summed E-state index contributed by atoms with van der Waals surface area (Å²) in [4.78, 5) is 0. The van der Waals surface area contributed by atoms with Crippen LogP contribution in [0.2, 0.25) is 5.02 Å². The minimum Gasteiger partial charge on any atom is -0.504 e. The third-order valence-corrected chi connectivity index (χ3v) is 3.82. The van der Waals surface area contributed by atoms with Crippen molar-refractivity contribution in [1.82, 2.24) is 10.2 Å². The van der Waals surface area contributed by atoms with Crippen molar-refractivity contribution in [2.75, 3.05) is 0 Å². The summed E-state index contributed by atoms with van der Waals surface area (Å²) in [6.07, 6.45) is 1.48. The van der Waals surface area contributed by atoms with Crippen LogP contribution in [0.25, 0.3) is 22.6 Å². The van der Waals surface area contributed by atoms with Gasteiger partial charge >= 0.3 is 0 Å². The number of hydrogen-bond acceptors (Lipinski definition) is 6. The van der Waals surface area contributed by atoms with Gasteiger partial charge in [0.25, 0.3) is 11.8 Å². The van der Waals surface area contributed by atoms with E-state index in [0.29, 0.717) is 16.9 Å². The summed E-state index contributed by atoms with van der Waals surface area (Å²) in [5, 5.41) is 27.0. The molecule has 6 nitrogen and oxygen atoms in total. The lowest BCUT2D eigenvalue weighted by Gasteiger charge is -2.02. The molecule has 8 heteroatoms. The first-order valence-electron chi connectivity index (χ1n) is 6.85. The van der Waals surface area contributed by atoms with E-state index in [9.17, 15) is 10.2 Å². The number of phenols is 2. The Balaban J connectivity index is 1.94. The van der Waals surface area contributed by atoms with Crippen molar-refractivity contribution in [1.29, 1.82) is 0 Å². The normalized spacial score (nSPS) is 11.9. The lowest BCUT2D eigenvalue weighted by molar-refractivity contribution is 0.404. The zero-order valence-corrected chi connectivity index (χ0v) is 14.2. The molecular weight excluding hydrogens is 355 g/mol. The maximum atomic E-state index is 9.58. The molecule has 124 valence electrons. The van der Waals surface area contributed by atoms with Crippen LogP contribution in [0.5, 0.6) is 11.5 Å². The highest BCUT2D eigenvalue weighted by Crippen LogP contribution is 2.36. The van der Waals surface area contributed by atoms with Crippen molar-refractivity contribution >= 4 is 34.3 Å². The second-order valence-electron chi connectivity index (χ2n) is 5.10. The van der Waals surface area contributed by atoms with Gasteiger partial charge in [-0.1, -0.05) is 23.2 Å². The van der Waals surface area contributed by atoms with Crippen LogP contribution in [0.3, 0.4) is 0 Å². The molecule has 0 saturated carbocycles. The van der Waals surface area contributed by atoms with E-state index in [1.54, 1.807) is 13.0 Å². The molecule has 0 spiro atoms. The molecule has 0 aliphatic carbocycles. The van der Waals surface area contributed by atoms with Gasteiger partial charge in [0.1, 0.15) is 16.6 Å². The van der Waals surface area contributed by atoms with Crippen LogP contribution in [0.1, 0.15) is 23.0 Å². The van der Waals surface area contributed by atoms with Gasteiger partial charge < -0.3 is 19.0 Å². The Morgan fingerprint density at radius 3 is 2.50 bits per heavy atom. The van der Waals surface area contributed by atoms with E-state index in [4.69, 9.17) is 32.0 Å². The molecule has 3 rings (SSSR count). The summed E-state index contributed by atoms with van der Waals surface area (Å²) in [6.45, 7) is 3.62. The largest absolute Gasteiger partial charge is 0.504 e. The molecule has 0 unspecified atom stereocenters. The van der Waals surface area contributed by atoms with Gasteiger partial charge in [-0.25, -0.2) is 0 Å². The summed E-state index contributed by atoms with van der Waals surface area (Å²) < 4.78 is 11.0. The molecule has 0 amide bonds. The number of phenolic OH excluding ortho intramolecular Hbond substituents is 2. The quantitative estimate of drug-likeness (QED) is 0.649. The van der Waals surface area contributed by atoms with Gasteiger partial charge in [-0.3, -0.25) is 0 Å².